The molecule has 0 aliphatic rings. The second kappa shape index (κ2) is 14.2. The van der Waals surface area contributed by atoms with Gasteiger partial charge in [-0.2, -0.15) is 0 Å². The molecule has 6 aromatic rings. The maximum Gasteiger partial charge on any atom is 0.145 e. The second-order valence-electron chi connectivity index (χ2n) is 10.2. The molecule has 0 unspecified atom stereocenters. The van der Waals surface area contributed by atoms with E-state index in [-0.39, 0.29) is 11.5 Å². The van der Waals surface area contributed by atoms with Gasteiger partial charge >= 0.3 is 0 Å². The molecule has 0 fully saturated rings. The van der Waals surface area contributed by atoms with Gasteiger partial charge in [-0.3, -0.25) is 9.98 Å². The summed E-state index contributed by atoms with van der Waals surface area (Å²) in [5.74, 6) is 1.59. The molecule has 0 aliphatic heterocycles. The third kappa shape index (κ3) is 7.12. The average molecular weight is 597 g/mol. The number of benzene rings is 6. The molecule has 0 atom stereocenters. The number of rotatable bonds is 12. The fourth-order valence-electron chi connectivity index (χ4n) is 5.00. The Balaban J connectivity index is 1.01. The maximum absolute atomic E-state index is 10.4. The first kappa shape index (κ1) is 29.4. The molecule has 0 saturated carbocycles. The zero-order chi connectivity index (χ0) is 30.8. The number of aliphatic imine (C=N–C) groups is 2. The monoisotopic (exact) mass is 596 g/mol. The van der Waals surface area contributed by atoms with Crippen molar-refractivity contribution < 1.29 is 24.4 Å². The lowest BCUT2D eigenvalue weighted by Crippen LogP contribution is -2.12. The Hall–Kier alpha value is -5.66. The van der Waals surface area contributed by atoms with Crippen LogP contribution in [0.4, 0.5) is 11.4 Å². The number of nitrogens with zero attached hydrogens (tertiary/aromatic N) is 2. The van der Waals surface area contributed by atoms with Crippen molar-refractivity contribution >= 4 is 45.3 Å². The molecule has 0 aromatic heterocycles. The Morgan fingerprint density at radius 1 is 0.467 bits per heavy atom. The van der Waals surface area contributed by atoms with Gasteiger partial charge in [-0.15, -0.1) is 0 Å². The summed E-state index contributed by atoms with van der Waals surface area (Å²) >= 11 is 0. The highest BCUT2D eigenvalue weighted by Gasteiger charge is 2.08. The standard InChI is InChI=1S/C38H32N2O5/c41-35-19-17-27-9-1-3-11-29(27)31(35)25-39-33-13-5-7-15-37(33)44-23-21-43-22-24-45-38-16-8-6-14-34(38)40-26-32-30-12-4-2-10-28(30)18-20-36(32)42/h1-20,25-26,41-42H,21-24H2. The van der Waals surface area contributed by atoms with Crippen LogP contribution in [0.25, 0.3) is 21.5 Å². The van der Waals surface area contributed by atoms with Crippen molar-refractivity contribution in [2.75, 3.05) is 26.4 Å². The number of hydrogen-bond donors (Lipinski definition) is 2. The molecule has 7 nitrogen and oxygen atoms in total. The molecule has 0 heterocycles. The topological polar surface area (TPSA) is 92.9 Å². The minimum absolute atomic E-state index is 0.171. The van der Waals surface area contributed by atoms with E-state index in [9.17, 15) is 10.2 Å². The molecule has 0 amide bonds. The Bertz CT molecular complexity index is 1840. The second-order valence-corrected chi connectivity index (χ2v) is 10.2. The average Bonchev–Trinajstić information content (AvgIpc) is 3.08. The predicted octanol–water partition coefficient (Wildman–Crippen LogP) is 8.38. The Morgan fingerprint density at radius 2 is 0.889 bits per heavy atom. The summed E-state index contributed by atoms with van der Waals surface area (Å²) in [4.78, 5) is 9.23. The van der Waals surface area contributed by atoms with Crippen LogP contribution >= 0.6 is 0 Å². The van der Waals surface area contributed by atoms with Crippen LogP contribution in [0.1, 0.15) is 11.1 Å². The van der Waals surface area contributed by atoms with Gasteiger partial charge in [-0.05, 0) is 57.9 Å². The molecule has 224 valence electrons. The molecule has 7 heteroatoms. The molecular weight excluding hydrogens is 564 g/mol. The zero-order valence-corrected chi connectivity index (χ0v) is 24.5. The predicted molar refractivity (Wildman–Crippen MR) is 180 cm³/mol. The summed E-state index contributed by atoms with van der Waals surface area (Å²) in [5, 5.41) is 24.8. The quantitative estimate of drug-likeness (QED) is 0.109. The first-order chi connectivity index (χ1) is 22.2. The summed E-state index contributed by atoms with van der Waals surface area (Å²) in [7, 11) is 0. The number of fused-ring (bicyclic) bond motifs is 2. The number of para-hydroxylation sites is 4. The van der Waals surface area contributed by atoms with E-state index in [4.69, 9.17) is 14.2 Å². The van der Waals surface area contributed by atoms with E-state index >= 15 is 0 Å². The largest absolute Gasteiger partial charge is 0.507 e. The van der Waals surface area contributed by atoms with Crippen LogP contribution < -0.4 is 9.47 Å². The highest BCUT2D eigenvalue weighted by molar-refractivity contribution is 6.04. The molecule has 6 aromatic carbocycles. The molecule has 0 saturated heterocycles. The molecule has 0 radical (unpaired) electrons. The Labute approximate surface area is 261 Å². The molecule has 2 N–H and O–H groups in total. The summed E-state index contributed by atoms with van der Waals surface area (Å²) in [6, 6.07) is 37.9. The first-order valence-electron chi connectivity index (χ1n) is 14.7. The number of aromatic hydroxyl groups is 2. The van der Waals surface area contributed by atoms with Crippen LogP contribution in [0.2, 0.25) is 0 Å². The SMILES string of the molecule is Oc1ccc2ccccc2c1C=Nc1ccccc1OCCOCCOc1ccccc1N=Cc1c(O)ccc2ccccc12. The van der Waals surface area contributed by atoms with Gasteiger partial charge in [0, 0.05) is 23.6 Å². The Morgan fingerprint density at radius 3 is 1.38 bits per heavy atom. The van der Waals surface area contributed by atoms with Gasteiger partial charge in [-0.1, -0.05) is 84.9 Å². The van der Waals surface area contributed by atoms with Crippen molar-refractivity contribution in [2.45, 2.75) is 0 Å². The fourth-order valence-corrected chi connectivity index (χ4v) is 5.00. The van der Waals surface area contributed by atoms with Crippen LogP contribution in [0.15, 0.2) is 131 Å². The molecule has 0 bridgehead atoms. The van der Waals surface area contributed by atoms with Crippen molar-refractivity contribution in [3.05, 3.63) is 132 Å². The van der Waals surface area contributed by atoms with E-state index < -0.39 is 0 Å². The third-order valence-corrected chi connectivity index (χ3v) is 7.26. The smallest absolute Gasteiger partial charge is 0.145 e. The van der Waals surface area contributed by atoms with Crippen molar-refractivity contribution in [1.29, 1.82) is 0 Å². The van der Waals surface area contributed by atoms with Crippen molar-refractivity contribution in [1.82, 2.24) is 0 Å². The summed E-state index contributed by atoms with van der Waals surface area (Å²) in [6.07, 6.45) is 3.33. The van der Waals surface area contributed by atoms with E-state index in [0.29, 0.717) is 60.4 Å². The van der Waals surface area contributed by atoms with Gasteiger partial charge in [0.2, 0.25) is 0 Å². The van der Waals surface area contributed by atoms with Gasteiger partial charge in [-0.25, -0.2) is 0 Å². The molecule has 6 rings (SSSR count). The summed E-state index contributed by atoms with van der Waals surface area (Å²) in [6.45, 7) is 1.40. The van der Waals surface area contributed by atoms with Gasteiger partial charge in [0.1, 0.15) is 47.6 Å². The summed E-state index contributed by atoms with van der Waals surface area (Å²) < 4.78 is 17.7. The van der Waals surface area contributed by atoms with Crippen LogP contribution in [-0.2, 0) is 4.74 Å². The Kier molecular flexibility index (Phi) is 9.29. The van der Waals surface area contributed by atoms with E-state index in [2.05, 4.69) is 9.98 Å². The molecule has 0 aliphatic carbocycles. The van der Waals surface area contributed by atoms with E-state index in [0.717, 1.165) is 21.5 Å². The van der Waals surface area contributed by atoms with Gasteiger partial charge < -0.3 is 24.4 Å². The molecule has 45 heavy (non-hydrogen) atoms. The van der Waals surface area contributed by atoms with Gasteiger partial charge in [0.15, 0.2) is 0 Å². The maximum atomic E-state index is 10.4. The molecular formula is C38H32N2O5. The van der Waals surface area contributed by atoms with Crippen molar-refractivity contribution in [2.24, 2.45) is 9.98 Å². The normalized spacial score (nSPS) is 11.6. The highest BCUT2D eigenvalue weighted by Crippen LogP contribution is 2.31. The van der Waals surface area contributed by atoms with Crippen LogP contribution in [0.5, 0.6) is 23.0 Å². The van der Waals surface area contributed by atoms with Crippen LogP contribution in [0, 0.1) is 0 Å². The van der Waals surface area contributed by atoms with Crippen molar-refractivity contribution in [3.63, 3.8) is 0 Å². The van der Waals surface area contributed by atoms with E-state index in [1.807, 2.05) is 109 Å². The lowest BCUT2D eigenvalue weighted by molar-refractivity contribution is 0.0767. The van der Waals surface area contributed by atoms with Crippen LogP contribution in [0.3, 0.4) is 0 Å². The van der Waals surface area contributed by atoms with Crippen molar-refractivity contribution in [3.8, 4) is 23.0 Å². The number of hydrogen-bond acceptors (Lipinski definition) is 7. The third-order valence-electron chi connectivity index (χ3n) is 7.26. The number of phenols is 2. The minimum atomic E-state index is 0.171. The van der Waals surface area contributed by atoms with Gasteiger partial charge in [0.25, 0.3) is 0 Å². The number of phenolic OH excluding ortho intramolecular Hbond substituents is 2. The van der Waals surface area contributed by atoms with Gasteiger partial charge in [0.05, 0.1) is 13.2 Å². The molecule has 0 spiro atoms. The first-order valence-corrected chi connectivity index (χ1v) is 14.7. The number of ether oxygens (including phenoxy) is 3. The lowest BCUT2D eigenvalue weighted by atomic mass is 10.0. The zero-order valence-electron chi connectivity index (χ0n) is 24.5. The fraction of sp³-hybridized carbons (Fsp3) is 0.105. The summed E-state index contributed by atoms with van der Waals surface area (Å²) in [5.41, 5.74) is 2.62. The minimum Gasteiger partial charge on any atom is -0.507 e. The van der Waals surface area contributed by atoms with E-state index in [1.54, 1.807) is 24.6 Å². The highest BCUT2D eigenvalue weighted by atomic mass is 16.5. The van der Waals surface area contributed by atoms with Crippen LogP contribution in [-0.4, -0.2) is 49.1 Å². The van der Waals surface area contributed by atoms with E-state index in [1.165, 1.54) is 0 Å². The lowest BCUT2D eigenvalue weighted by Gasteiger charge is -2.11.